The first-order valence-electron chi connectivity index (χ1n) is 7.06. The van der Waals surface area contributed by atoms with Crippen LogP contribution in [0.25, 0.3) is 0 Å². The van der Waals surface area contributed by atoms with Crippen molar-refractivity contribution in [3.05, 3.63) is 59.9 Å². The molecule has 0 saturated carbocycles. The molecule has 10 heteroatoms. The zero-order chi connectivity index (χ0) is 18.4. The highest BCUT2D eigenvalue weighted by Gasteiger charge is 2.44. The fourth-order valence-corrected chi connectivity index (χ4v) is 5.85. The molecule has 0 aromatic heterocycles. The third kappa shape index (κ3) is 3.29. The van der Waals surface area contributed by atoms with Crippen molar-refractivity contribution in [1.82, 2.24) is 4.31 Å². The second-order valence-electron chi connectivity index (χ2n) is 5.55. The Hall–Kier alpha value is -1.91. The van der Waals surface area contributed by atoms with E-state index < -0.39 is 47.5 Å². The molecule has 0 spiro atoms. The molecule has 1 aliphatic rings. The van der Waals surface area contributed by atoms with Gasteiger partial charge in [0.1, 0.15) is 17.5 Å². The number of halogens is 3. The van der Waals surface area contributed by atoms with Gasteiger partial charge in [0.05, 0.1) is 15.0 Å². The molecule has 5 nitrogen and oxygen atoms in total. The van der Waals surface area contributed by atoms with E-state index in [1.54, 1.807) is 0 Å². The van der Waals surface area contributed by atoms with Gasteiger partial charge in [0.15, 0.2) is 9.84 Å². The summed E-state index contributed by atoms with van der Waals surface area (Å²) in [6.07, 6.45) is 0. The Kier molecular flexibility index (Phi) is 4.38. The summed E-state index contributed by atoms with van der Waals surface area (Å²) < 4.78 is 89.6. The van der Waals surface area contributed by atoms with Gasteiger partial charge >= 0.3 is 0 Å². The summed E-state index contributed by atoms with van der Waals surface area (Å²) in [6.45, 7) is -0.694. The first-order chi connectivity index (χ1) is 11.6. The first-order valence-corrected chi connectivity index (χ1v) is 10.0. The maximum atomic E-state index is 13.2. The molecule has 134 valence electrons. The number of rotatable bonds is 4. The number of sulfonamides is 1. The van der Waals surface area contributed by atoms with Crippen LogP contribution in [0.1, 0.15) is 0 Å². The van der Waals surface area contributed by atoms with Crippen molar-refractivity contribution in [1.29, 1.82) is 0 Å². The van der Waals surface area contributed by atoms with Crippen molar-refractivity contribution in [3.63, 3.8) is 0 Å². The Morgan fingerprint density at radius 2 is 1.28 bits per heavy atom. The lowest BCUT2D eigenvalue weighted by Crippen LogP contribution is -2.56. The fraction of sp³-hybridized carbons (Fsp3) is 0.200. The zero-order valence-corrected chi connectivity index (χ0v) is 14.2. The van der Waals surface area contributed by atoms with Gasteiger partial charge in [0.2, 0.25) is 10.0 Å². The normalized spacial score (nSPS) is 16.6. The van der Waals surface area contributed by atoms with Crippen LogP contribution in [0.3, 0.4) is 0 Å². The predicted octanol–water partition coefficient (Wildman–Crippen LogP) is 1.95. The van der Waals surface area contributed by atoms with Crippen molar-refractivity contribution < 1.29 is 30.0 Å². The van der Waals surface area contributed by atoms with Gasteiger partial charge < -0.3 is 0 Å². The topological polar surface area (TPSA) is 71.5 Å². The van der Waals surface area contributed by atoms with Gasteiger partial charge in [0.25, 0.3) is 0 Å². The molecule has 0 atom stereocenters. The van der Waals surface area contributed by atoms with Crippen molar-refractivity contribution in [3.8, 4) is 0 Å². The molecule has 1 fully saturated rings. The van der Waals surface area contributed by atoms with Crippen LogP contribution in [0.15, 0.2) is 52.3 Å². The van der Waals surface area contributed by atoms with Crippen LogP contribution < -0.4 is 0 Å². The Labute approximate surface area is 142 Å². The maximum absolute atomic E-state index is 13.2. The summed E-state index contributed by atoms with van der Waals surface area (Å²) in [7, 11) is -8.03. The molecule has 0 amide bonds. The average molecular weight is 391 g/mol. The molecule has 0 bridgehead atoms. The van der Waals surface area contributed by atoms with Crippen LogP contribution in [0.2, 0.25) is 0 Å². The monoisotopic (exact) mass is 391 g/mol. The van der Waals surface area contributed by atoms with Gasteiger partial charge in [-0.1, -0.05) is 0 Å². The van der Waals surface area contributed by atoms with E-state index in [0.29, 0.717) is 18.2 Å². The molecule has 1 heterocycles. The molecule has 0 radical (unpaired) electrons. The van der Waals surface area contributed by atoms with E-state index in [2.05, 4.69) is 0 Å². The lowest BCUT2D eigenvalue weighted by Gasteiger charge is -2.37. The van der Waals surface area contributed by atoms with Gasteiger partial charge in [-0.3, -0.25) is 0 Å². The molecule has 2 aromatic rings. The lowest BCUT2D eigenvalue weighted by atomic mass is 10.3. The summed E-state index contributed by atoms with van der Waals surface area (Å²) in [5.41, 5.74) is 0. The molecule has 1 aliphatic heterocycles. The van der Waals surface area contributed by atoms with Crippen LogP contribution in [0, 0.1) is 17.5 Å². The van der Waals surface area contributed by atoms with E-state index in [-0.39, 0.29) is 18.0 Å². The summed E-state index contributed by atoms with van der Waals surface area (Å²) in [5.74, 6) is -2.69. The van der Waals surface area contributed by atoms with E-state index in [1.807, 2.05) is 0 Å². The molecule has 1 saturated heterocycles. The summed E-state index contributed by atoms with van der Waals surface area (Å²) in [5, 5.41) is -1.01. The Morgan fingerprint density at radius 1 is 0.760 bits per heavy atom. The molecule has 2 aromatic carbocycles. The molecule has 0 unspecified atom stereocenters. The van der Waals surface area contributed by atoms with E-state index in [0.717, 1.165) is 28.6 Å². The van der Waals surface area contributed by atoms with E-state index in [4.69, 9.17) is 0 Å². The SMILES string of the molecule is O=S(=O)(c1ccc(F)cc1)C1CN(S(=O)(=O)c2cc(F)cc(F)c2)C1. The van der Waals surface area contributed by atoms with Gasteiger partial charge in [-0.25, -0.2) is 30.0 Å². The smallest absolute Gasteiger partial charge is 0.223 e. The summed E-state index contributed by atoms with van der Waals surface area (Å²) in [4.78, 5) is -0.699. The summed E-state index contributed by atoms with van der Waals surface area (Å²) >= 11 is 0. The largest absolute Gasteiger partial charge is 0.243 e. The molecule has 3 rings (SSSR count). The van der Waals surface area contributed by atoms with Crippen molar-refractivity contribution >= 4 is 19.9 Å². The Morgan fingerprint density at radius 3 is 1.80 bits per heavy atom. The highest BCUT2D eigenvalue weighted by atomic mass is 32.2. The standard InChI is InChI=1S/C15H12F3NO4S2/c16-10-1-3-13(4-2-10)24(20,21)15-8-19(9-15)25(22,23)14-6-11(17)5-12(18)7-14/h1-7,15H,8-9H2. The average Bonchev–Trinajstić information content (AvgIpc) is 2.44. The van der Waals surface area contributed by atoms with Crippen LogP contribution in [-0.4, -0.2) is 39.5 Å². The lowest BCUT2D eigenvalue weighted by molar-refractivity contribution is 0.309. The third-order valence-electron chi connectivity index (χ3n) is 3.87. The predicted molar refractivity (Wildman–Crippen MR) is 82.5 cm³/mol. The highest BCUT2D eigenvalue weighted by Crippen LogP contribution is 2.29. The van der Waals surface area contributed by atoms with E-state index >= 15 is 0 Å². The Bertz CT molecular complexity index is 995. The van der Waals surface area contributed by atoms with Crippen molar-refractivity contribution in [2.75, 3.05) is 13.1 Å². The second-order valence-corrected chi connectivity index (χ2v) is 9.71. The van der Waals surface area contributed by atoms with Crippen LogP contribution in [0.4, 0.5) is 13.2 Å². The fourth-order valence-electron chi connectivity index (χ4n) is 2.44. The molecule has 0 N–H and O–H groups in total. The quantitative estimate of drug-likeness (QED) is 0.747. The molecular weight excluding hydrogens is 379 g/mol. The van der Waals surface area contributed by atoms with Crippen molar-refractivity contribution in [2.24, 2.45) is 0 Å². The zero-order valence-electron chi connectivity index (χ0n) is 12.6. The molecule has 0 aliphatic carbocycles. The van der Waals surface area contributed by atoms with Gasteiger partial charge in [-0.2, -0.15) is 4.31 Å². The van der Waals surface area contributed by atoms with Gasteiger partial charge in [0, 0.05) is 19.2 Å². The minimum absolute atomic E-state index is 0.118. The Balaban J connectivity index is 1.80. The molecule has 25 heavy (non-hydrogen) atoms. The minimum atomic E-state index is -4.20. The number of benzene rings is 2. The number of hydrogen-bond acceptors (Lipinski definition) is 4. The number of nitrogens with zero attached hydrogens (tertiary/aromatic N) is 1. The van der Waals surface area contributed by atoms with Crippen LogP contribution in [0.5, 0.6) is 0 Å². The van der Waals surface area contributed by atoms with Gasteiger partial charge in [-0.15, -0.1) is 0 Å². The van der Waals surface area contributed by atoms with Crippen molar-refractivity contribution in [2.45, 2.75) is 15.0 Å². The first kappa shape index (κ1) is 17.9. The highest BCUT2D eigenvalue weighted by molar-refractivity contribution is 7.92. The van der Waals surface area contributed by atoms with E-state index in [9.17, 15) is 30.0 Å². The molecular formula is C15H12F3NO4S2. The maximum Gasteiger partial charge on any atom is 0.243 e. The van der Waals surface area contributed by atoms with Crippen LogP contribution >= 0.6 is 0 Å². The van der Waals surface area contributed by atoms with E-state index in [1.165, 1.54) is 0 Å². The van der Waals surface area contributed by atoms with Crippen LogP contribution in [-0.2, 0) is 19.9 Å². The van der Waals surface area contributed by atoms with Gasteiger partial charge in [-0.05, 0) is 36.4 Å². The number of sulfone groups is 1. The summed E-state index contributed by atoms with van der Waals surface area (Å²) in [6, 6.07) is 6.07. The number of hydrogen-bond donors (Lipinski definition) is 0. The minimum Gasteiger partial charge on any atom is -0.223 e. The second kappa shape index (κ2) is 6.11. The third-order valence-corrected chi connectivity index (χ3v) is 7.78.